The summed E-state index contributed by atoms with van der Waals surface area (Å²) in [6.45, 7) is 4.40. The predicted molar refractivity (Wildman–Crippen MR) is 203 cm³/mol. The van der Waals surface area contributed by atoms with E-state index in [2.05, 4.69) is 24.0 Å². The standard InChI is InChI=1S/C44H50N2O5/c1-3-5-7-9-11-13-15-41(47)49-39-29-25-35(26-30-39)33-17-21-37(22-18-33)43-45-46-44(51-43)38-23-19-34(20-24-38)36-27-31-40(32-28-36)50-42(48)16-14-12-10-8-6-4-2/h17-32H,3-16H2,1-2H3. The van der Waals surface area contributed by atoms with Crippen LogP contribution in [0.3, 0.4) is 0 Å². The molecule has 4 aromatic carbocycles. The number of rotatable bonds is 20. The Hall–Kier alpha value is -5.04. The summed E-state index contributed by atoms with van der Waals surface area (Å²) < 4.78 is 17.1. The molecule has 266 valence electrons. The van der Waals surface area contributed by atoms with E-state index in [1.165, 1.54) is 51.4 Å². The Bertz CT molecular complexity index is 1640. The van der Waals surface area contributed by atoms with Crippen LogP contribution >= 0.6 is 0 Å². The Morgan fingerprint density at radius 3 is 1.08 bits per heavy atom. The van der Waals surface area contributed by atoms with Gasteiger partial charge in [-0.15, -0.1) is 10.2 Å². The number of carbonyl (C=O) groups is 2. The third-order valence-corrected chi connectivity index (χ3v) is 9.00. The van der Waals surface area contributed by atoms with Crippen LogP contribution in [0, 0.1) is 0 Å². The molecule has 0 atom stereocenters. The highest BCUT2D eigenvalue weighted by molar-refractivity contribution is 5.74. The molecule has 1 aromatic heterocycles. The summed E-state index contributed by atoms with van der Waals surface area (Å²) in [4.78, 5) is 24.4. The third-order valence-electron chi connectivity index (χ3n) is 9.00. The van der Waals surface area contributed by atoms with Crippen molar-refractivity contribution in [3.05, 3.63) is 97.1 Å². The van der Waals surface area contributed by atoms with E-state index in [0.717, 1.165) is 59.1 Å². The lowest BCUT2D eigenvalue weighted by Crippen LogP contribution is -2.07. The van der Waals surface area contributed by atoms with Crippen molar-refractivity contribution in [1.29, 1.82) is 0 Å². The van der Waals surface area contributed by atoms with E-state index in [-0.39, 0.29) is 11.9 Å². The molecule has 5 aromatic rings. The third kappa shape index (κ3) is 11.8. The normalized spacial score (nSPS) is 11.0. The first-order valence-electron chi connectivity index (χ1n) is 18.7. The van der Waals surface area contributed by atoms with Crippen LogP contribution < -0.4 is 9.47 Å². The van der Waals surface area contributed by atoms with Crippen LogP contribution in [0.2, 0.25) is 0 Å². The van der Waals surface area contributed by atoms with E-state index in [1.54, 1.807) is 0 Å². The molecule has 7 heteroatoms. The second-order valence-electron chi connectivity index (χ2n) is 13.1. The van der Waals surface area contributed by atoms with Gasteiger partial charge in [0.05, 0.1) is 0 Å². The minimum absolute atomic E-state index is 0.179. The van der Waals surface area contributed by atoms with Crippen LogP contribution in [0.5, 0.6) is 11.5 Å². The molecule has 0 aliphatic carbocycles. The molecule has 0 saturated carbocycles. The van der Waals surface area contributed by atoms with Gasteiger partial charge in [-0.1, -0.05) is 127 Å². The topological polar surface area (TPSA) is 91.5 Å². The summed E-state index contributed by atoms with van der Waals surface area (Å²) in [6.07, 6.45) is 14.6. The molecule has 0 aliphatic heterocycles. The highest BCUT2D eigenvalue weighted by Crippen LogP contribution is 2.30. The van der Waals surface area contributed by atoms with Gasteiger partial charge in [0.15, 0.2) is 0 Å². The molecule has 1 heterocycles. The maximum absolute atomic E-state index is 12.2. The molecule has 0 N–H and O–H groups in total. The Labute approximate surface area is 302 Å². The first-order valence-corrected chi connectivity index (χ1v) is 18.7. The monoisotopic (exact) mass is 686 g/mol. The second kappa shape index (κ2) is 20.0. The molecular weight excluding hydrogens is 636 g/mol. The minimum atomic E-state index is -0.179. The molecule has 0 spiro atoms. The molecule has 5 rings (SSSR count). The zero-order chi connectivity index (χ0) is 35.7. The number of unbranched alkanes of at least 4 members (excludes halogenated alkanes) is 10. The van der Waals surface area contributed by atoms with E-state index >= 15 is 0 Å². The fraction of sp³-hybridized carbons (Fsp3) is 0.364. The fourth-order valence-electron chi connectivity index (χ4n) is 5.96. The average molecular weight is 687 g/mol. The first kappa shape index (κ1) is 37.2. The molecule has 0 fully saturated rings. The second-order valence-corrected chi connectivity index (χ2v) is 13.1. The number of esters is 2. The Balaban J connectivity index is 1.09. The molecule has 51 heavy (non-hydrogen) atoms. The van der Waals surface area contributed by atoms with Crippen molar-refractivity contribution in [3.63, 3.8) is 0 Å². The van der Waals surface area contributed by atoms with Crippen molar-refractivity contribution < 1.29 is 23.5 Å². The molecule has 0 bridgehead atoms. The van der Waals surface area contributed by atoms with Gasteiger partial charge in [-0.25, -0.2) is 0 Å². The molecule has 0 unspecified atom stereocenters. The van der Waals surface area contributed by atoms with Gasteiger partial charge in [0.25, 0.3) is 0 Å². The Morgan fingerprint density at radius 2 is 0.725 bits per heavy atom. The van der Waals surface area contributed by atoms with Gasteiger partial charge in [0.1, 0.15) is 11.5 Å². The van der Waals surface area contributed by atoms with E-state index < -0.39 is 0 Å². The van der Waals surface area contributed by atoms with E-state index in [9.17, 15) is 9.59 Å². The van der Waals surface area contributed by atoms with Crippen LogP contribution in [0.25, 0.3) is 45.2 Å². The van der Waals surface area contributed by atoms with Gasteiger partial charge < -0.3 is 13.9 Å². The Kier molecular flexibility index (Phi) is 14.6. The summed E-state index contributed by atoms with van der Waals surface area (Å²) in [7, 11) is 0. The number of benzene rings is 4. The van der Waals surface area contributed by atoms with Crippen LogP contribution in [0.1, 0.15) is 104 Å². The molecule has 7 nitrogen and oxygen atoms in total. The molecule has 0 saturated heterocycles. The van der Waals surface area contributed by atoms with Crippen molar-refractivity contribution in [2.45, 2.75) is 104 Å². The number of hydrogen-bond acceptors (Lipinski definition) is 7. The van der Waals surface area contributed by atoms with Crippen molar-refractivity contribution in [2.75, 3.05) is 0 Å². The maximum atomic E-state index is 12.2. The van der Waals surface area contributed by atoms with E-state index in [4.69, 9.17) is 13.9 Å². The van der Waals surface area contributed by atoms with Crippen molar-refractivity contribution in [2.24, 2.45) is 0 Å². The van der Waals surface area contributed by atoms with Gasteiger partial charge in [-0.3, -0.25) is 9.59 Å². The lowest BCUT2D eigenvalue weighted by Gasteiger charge is -2.07. The average Bonchev–Trinajstić information content (AvgIpc) is 3.66. The SMILES string of the molecule is CCCCCCCCC(=O)Oc1ccc(-c2ccc(-c3nnc(-c4ccc(-c5ccc(OC(=O)CCCCCCCC)cc5)cc4)o3)cc2)cc1. The van der Waals surface area contributed by atoms with E-state index in [0.29, 0.717) is 36.1 Å². The van der Waals surface area contributed by atoms with Gasteiger partial charge in [0, 0.05) is 24.0 Å². The number of carbonyl (C=O) groups excluding carboxylic acids is 2. The lowest BCUT2D eigenvalue weighted by molar-refractivity contribution is -0.135. The number of aromatic nitrogens is 2. The molecule has 0 amide bonds. The number of hydrogen-bond donors (Lipinski definition) is 0. The van der Waals surface area contributed by atoms with E-state index in [1.807, 2.05) is 97.1 Å². The summed E-state index contributed by atoms with van der Waals surface area (Å²) in [6, 6.07) is 31.0. The molecular formula is C44H50N2O5. The number of nitrogens with zero attached hydrogens (tertiary/aromatic N) is 2. The minimum Gasteiger partial charge on any atom is -0.427 e. The van der Waals surface area contributed by atoms with Gasteiger partial charge >= 0.3 is 11.9 Å². The summed E-state index contributed by atoms with van der Waals surface area (Å²) >= 11 is 0. The summed E-state index contributed by atoms with van der Waals surface area (Å²) in [5, 5.41) is 8.57. The van der Waals surface area contributed by atoms with Gasteiger partial charge in [-0.2, -0.15) is 0 Å². The molecule has 0 aliphatic rings. The van der Waals surface area contributed by atoms with Crippen LogP contribution in [-0.4, -0.2) is 22.1 Å². The molecule has 0 radical (unpaired) electrons. The quantitative estimate of drug-likeness (QED) is 0.0457. The first-order chi connectivity index (χ1) is 25.0. The lowest BCUT2D eigenvalue weighted by atomic mass is 10.0. The highest BCUT2D eigenvalue weighted by Gasteiger charge is 2.12. The highest BCUT2D eigenvalue weighted by atomic mass is 16.5. The van der Waals surface area contributed by atoms with Gasteiger partial charge in [-0.05, 0) is 83.6 Å². The number of ether oxygens (including phenoxy) is 2. The largest absolute Gasteiger partial charge is 0.427 e. The predicted octanol–water partition coefficient (Wildman–Crippen LogP) is 12.0. The van der Waals surface area contributed by atoms with Crippen LogP contribution in [0.15, 0.2) is 101 Å². The maximum Gasteiger partial charge on any atom is 0.311 e. The van der Waals surface area contributed by atoms with Gasteiger partial charge in [0.2, 0.25) is 11.8 Å². The Morgan fingerprint density at radius 1 is 0.431 bits per heavy atom. The van der Waals surface area contributed by atoms with Crippen LogP contribution in [0.4, 0.5) is 0 Å². The fourth-order valence-corrected chi connectivity index (χ4v) is 5.96. The summed E-state index contributed by atoms with van der Waals surface area (Å²) in [5.41, 5.74) is 5.73. The summed E-state index contributed by atoms with van der Waals surface area (Å²) in [5.74, 6) is 1.65. The van der Waals surface area contributed by atoms with Crippen molar-refractivity contribution in [3.8, 4) is 56.7 Å². The van der Waals surface area contributed by atoms with Crippen molar-refractivity contribution in [1.82, 2.24) is 10.2 Å². The van der Waals surface area contributed by atoms with Crippen molar-refractivity contribution >= 4 is 11.9 Å². The smallest absolute Gasteiger partial charge is 0.311 e. The zero-order valence-corrected chi connectivity index (χ0v) is 30.1. The zero-order valence-electron chi connectivity index (χ0n) is 30.1. The van der Waals surface area contributed by atoms with Crippen LogP contribution in [-0.2, 0) is 9.59 Å².